The van der Waals surface area contributed by atoms with E-state index in [1.54, 1.807) is 0 Å². The van der Waals surface area contributed by atoms with Crippen molar-refractivity contribution in [3.8, 4) is 0 Å². The molecule has 0 aliphatic carbocycles. The summed E-state index contributed by atoms with van der Waals surface area (Å²) in [6, 6.07) is 5.11. The largest absolute Gasteiger partial charge is 0.535 e. The van der Waals surface area contributed by atoms with Gasteiger partial charge in [0.25, 0.3) is 11.0 Å². The maximum Gasteiger partial charge on any atom is 0.535 e. The molecule has 126 valence electrons. The van der Waals surface area contributed by atoms with Crippen LogP contribution in [0.25, 0.3) is 0 Å². The van der Waals surface area contributed by atoms with Gasteiger partial charge in [-0.1, -0.05) is 16.8 Å². The number of carbonyl (C=O) groups is 2. The van der Waals surface area contributed by atoms with Crippen molar-refractivity contribution in [1.29, 1.82) is 0 Å². The van der Waals surface area contributed by atoms with Crippen LogP contribution in [0, 0.1) is 0 Å². The highest BCUT2D eigenvalue weighted by molar-refractivity contribution is 8.08. The Morgan fingerprint density at radius 3 is 2.26 bits per heavy atom. The molecule has 0 spiro atoms. The molecule has 1 rings (SSSR count). The van der Waals surface area contributed by atoms with Gasteiger partial charge in [-0.2, -0.15) is 0 Å². The van der Waals surface area contributed by atoms with E-state index in [1.165, 1.54) is 45.3 Å². The zero-order chi connectivity index (χ0) is 17.6. The number of sulfone groups is 1. The van der Waals surface area contributed by atoms with Gasteiger partial charge in [-0.15, -0.1) is 0 Å². The van der Waals surface area contributed by atoms with Gasteiger partial charge in [0.2, 0.25) is 9.84 Å². The second-order valence-corrected chi connectivity index (χ2v) is 6.63. The first kappa shape index (κ1) is 18.9. The summed E-state index contributed by atoms with van der Waals surface area (Å²) in [5.74, 6) is -0.954. The molecule has 1 aromatic rings. The predicted molar refractivity (Wildman–Crippen MR) is 82.9 cm³/mol. The fourth-order valence-electron chi connectivity index (χ4n) is 1.34. The van der Waals surface area contributed by atoms with E-state index in [0.29, 0.717) is 5.02 Å². The number of ether oxygens (including phenoxy) is 1. The molecule has 0 bridgehead atoms. The minimum Gasteiger partial charge on any atom is -0.433 e. The van der Waals surface area contributed by atoms with E-state index in [0.717, 1.165) is 4.90 Å². The van der Waals surface area contributed by atoms with Crippen LogP contribution in [0.15, 0.2) is 34.3 Å². The monoisotopic (exact) mass is 362 g/mol. The molecule has 0 saturated carbocycles. The molecular weight excluding hydrogens is 348 g/mol. The first-order chi connectivity index (χ1) is 10.7. The van der Waals surface area contributed by atoms with E-state index in [2.05, 4.69) is 14.7 Å². The number of hydrogen-bond acceptors (Lipinski definition) is 7. The lowest BCUT2D eigenvalue weighted by Gasteiger charge is -2.12. The lowest BCUT2D eigenvalue weighted by atomic mass is 10.4. The zero-order valence-corrected chi connectivity index (χ0v) is 14.2. The highest BCUT2D eigenvalue weighted by Gasteiger charge is 2.32. The Bertz CT molecular complexity index is 712. The van der Waals surface area contributed by atoms with Crippen LogP contribution in [0.1, 0.15) is 6.92 Å². The fraction of sp³-hybridized carbons (Fsp3) is 0.308. The van der Waals surface area contributed by atoms with E-state index in [9.17, 15) is 18.0 Å². The van der Waals surface area contributed by atoms with Crippen molar-refractivity contribution in [2.24, 2.45) is 5.16 Å². The van der Waals surface area contributed by atoms with Crippen molar-refractivity contribution < 1.29 is 27.6 Å². The molecule has 0 radical (unpaired) electrons. The van der Waals surface area contributed by atoms with Gasteiger partial charge < -0.3 is 9.64 Å². The zero-order valence-electron chi connectivity index (χ0n) is 12.6. The number of benzene rings is 1. The first-order valence-corrected chi connectivity index (χ1v) is 8.20. The molecule has 0 N–H and O–H groups in total. The van der Waals surface area contributed by atoms with Gasteiger partial charge in [0, 0.05) is 19.1 Å². The minimum absolute atomic E-state index is 0.00917. The standard InChI is InChI=1S/C13H15ClN2O6S/c1-4-21-13(18)22-15-11(12(17)16(2)3)23(19,20)10-7-5-9(14)6-8-10/h5-8H,4H2,1-3H3. The molecule has 8 nitrogen and oxygen atoms in total. The third-order valence-corrected chi connectivity index (χ3v) is 4.34. The Morgan fingerprint density at radius 2 is 1.78 bits per heavy atom. The Balaban J connectivity index is 3.27. The van der Waals surface area contributed by atoms with Gasteiger partial charge in [-0.25, -0.2) is 13.2 Å². The van der Waals surface area contributed by atoms with Gasteiger partial charge >= 0.3 is 6.16 Å². The van der Waals surface area contributed by atoms with Gasteiger partial charge in [-0.3, -0.25) is 9.63 Å². The number of carbonyl (C=O) groups excluding carboxylic acids is 2. The van der Waals surface area contributed by atoms with Gasteiger partial charge in [0.05, 0.1) is 11.5 Å². The quantitative estimate of drug-likeness (QED) is 0.266. The van der Waals surface area contributed by atoms with Crippen molar-refractivity contribution >= 4 is 38.5 Å². The van der Waals surface area contributed by atoms with Crippen molar-refractivity contribution in [3.63, 3.8) is 0 Å². The molecule has 10 heteroatoms. The normalized spacial score (nSPS) is 11.7. The summed E-state index contributed by atoms with van der Waals surface area (Å²) in [4.78, 5) is 28.3. The molecule has 0 atom stereocenters. The molecule has 0 saturated heterocycles. The second kappa shape index (κ2) is 7.93. The molecule has 0 aliphatic heterocycles. The van der Waals surface area contributed by atoms with Crippen LogP contribution in [0.4, 0.5) is 4.79 Å². The highest BCUT2D eigenvalue weighted by Crippen LogP contribution is 2.17. The van der Waals surface area contributed by atoms with Crippen LogP contribution in [0.2, 0.25) is 5.02 Å². The number of halogens is 1. The lowest BCUT2D eigenvalue weighted by molar-refractivity contribution is -0.121. The van der Waals surface area contributed by atoms with Crippen LogP contribution in [0.3, 0.4) is 0 Å². The van der Waals surface area contributed by atoms with E-state index in [1.807, 2.05) is 0 Å². The number of hydrogen-bond donors (Lipinski definition) is 0. The van der Waals surface area contributed by atoms with Crippen molar-refractivity contribution in [1.82, 2.24) is 4.90 Å². The molecular formula is C13H15ClN2O6S. The second-order valence-electron chi connectivity index (χ2n) is 4.33. The Morgan fingerprint density at radius 1 is 1.22 bits per heavy atom. The molecule has 0 heterocycles. The summed E-state index contributed by atoms with van der Waals surface area (Å²) in [5, 5.41) is 2.54. The van der Waals surface area contributed by atoms with Crippen molar-refractivity contribution in [3.05, 3.63) is 29.3 Å². The first-order valence-electron chi connectivity index (χ1n) is 6.34. The van der Waals surface area contributed by atoms with Crippen molar-refractivity contribution in [2.45, 2.75) is 11.8 Å². The Hall–Kier alpha value is -2.13. The average Bonchev–Trinajstić information content (AvgIpc) is 2.47. The van der Waals surface area contributed by atoms with Crippen LogP contribution >= 0.6 is 11.6 Å². The number of amides is 1. The summed E-state index contributed by atoms with van der Waals surface area (Å²) >= 11 is 5.71. The summed E-state index contributed by atoms with van der Waals surface area (Å²) < 4.78 is 29.5. The Kier molecular flexibility index (Phi) is 6.52. The van der Waals surface area contributed by atoms with Crippen molar-refractivity contribution in [2.75, 3.05) is 20.7 Å². The van der Waals surface area contributed by atoms with Crippen LogP contribution in [0.5, 0.6) is 0 Å². The summed E-state index contributed by atoms with van der Waals surface area (Å²) in [6.45, 7) is 1.54. The van der Waals surface area contributed by atoms with Gasteiger partial charge in [-0.05, 0) is 31.2 Å². The smallest absolute Gasteiger partial charge is 0.433 e. The fourth-order valence-corrected chi connectivity index (χ4v) is 2.73. The number of rotatable bonds is 3. The van der Waals surface area contributed by atoms with Gasteiger partial charge in [0.1, 0.15) is 0 Å². The maximum atomic E-state index is 12.5. The topological polar surface area (TPSA) is 102 Å². The third-order valence-electron chi connectivity index (χ3n) is 2.43. The molecule has 1 amide bonds. The highest BCUT2D eigenvalue weighted by atomic mass is 35.5. The molecule has 0 aromatic heterocycles. The average molecular weight is 363 g/mol. The van der Waals surface area contributed by atoms with E-state index in [4.69, 9.17) is 11.6 Å². The maximum absolute atomic E-state index is 12.5. The number of oxime groups is 1. The van der Waals surface area contributed by atoms with E-state index < -0.39 is 26.9 Å². The third kappa shape index (κ3) is 4.93. The summed E-state index contributed by atoms with van der Waals surface area (Å²) in [6.07, 6.45) is -1.22. The van der Waals surface area contributed by atoms with E-state index >= 15 is 0 Å². The van der Waals surface area contributed by atoms with Crippen LogP contribution < -0.4 is 0 Å². The Labute approximate surface area is 138 Å². The number of nitrogens with zero attached hydrogens (tertiary/aromatic N) is 2. The minimum atomic E-state index is -4.31. The van der Waals surface area contributed by atoms with Crippen LogP contribution in [-0.4, -0.2) is 51.1 Å². The van der Waals surface area contributed by atoms with E-state index in [-0.39, 0.29) is 11.5 Å². The van der Waals surface area contributed by atoms with Crippen LogP contribution in [-0.2, 0) is 24.2 Å². The molecule has 23 heavy (non-hydrogen) atoms. The molecule has 0 aliphatic rings. The predicted octanol–water partition coefficient (Wildman–Crippen LogP) is 1.69. The summed E-state index contributed by atoms with van der Waals surface area (Å²) in [7, 11) is -1.64. The molecule has 0 unspecified atom stereocenters. The lowest BCUT2D eigenvalue weighted by Crippen LogP contribution is -2.35. The summed E-state index contributed by atoms with van der Waals surface area (Å²) in [5.41, 5.74) is 0. The SMILES string of the molecule is CCOC(=O)ON=C(C(=O)N(C)C)S(=O)(=O)c1ccc(Cl)cc1. The molecule has 0 fully saturated rings. The molecule has 1 aromatic carbocycles. The van der Waals surface area contributed by atoms with Gasteiger partial charge in [0.15, 0.2) is 0 Å².